The van der Waals surface area contributed by atoms with E-state index in [1.807, 2.05) is 13.0 Å². The van der Waals surface area contributed by atoms with Crippen molar-refractivity contribution in [3.05, 3.63) is 58.6 Å². The summed E-state index contributed by atoms with van der Waals surface area (Å²) in [6.45, 7) is 4.68. The molecule has 0 unspecified atom stereocenters. The number of carbonyl (C=O) groups excluding carboxylic acids is 2. The predicted molar refractivity (Wildman–Crippen MR) is 107 cm³/mol. The monoisotopic (exact) mass is 373 g/mol. The lowest BCUT2D eigenvalue weighted by Gasteiger charge is -2.11. The molecule has 2 aromatic rings. The van der Waals surface area contributed by atoms with Crippen molar-refractivity contribution in [3.63, 3.8) is 0 Å². The number of anilines is 2. The quantitative estimate of drug-likeness (QED) is 0.606. The number of benzene rings is 2. The standard InChI is InChI=1S/C20H24ClN3O2/c1-3-4-11-22-20(26)15-7-5-8-16(12-15)23-13-19(25)24-18-10-6-9-17(21)14(18)2/h5-10,12,23H,3-4,11,13H2,1-2H3,(H,22,26)(H,24,25). The van der Waals surface area contributed by atoms with Crippen LogP contribution in [0.3, 0.4) is 0 Å². The minimum Gasteiger partial charge on any atom is -0.376 e. The smallest absolute Gasteiger partial charge is 0.251 e. The molecule has 0 aromatic heterocycles. The Hall–Kier alpha value is -2.53. The average molecular weight is 374 g/mol. The summed E-state index contributed by atoms with van der Waals surface area (Å²) in [6, 6.07) is 12.5. The van der Waals surface area contributed by atoms with Crippen LogP contribution in [0, 0.1) is 6.92 Å². The maximum absolute atomic E-state index is 12.1. The van der Waals surface area contributed by atoms with E-state index in [0.717, 1.165) is 18.4 Å². The van der Waals surface area contributed by atoms with E-state index in [1.165, 1.54) is 0 Å². The summed E-state index contributed by atoms with van der Waals surface area (Å²) in [5.41, 5.74) is 2.80. The summed E-state index contributed by atoms with van der Waals surface area (Å²) in [4.78, 5) is 24.2. The Bertz CT molecular complexity index is 777. The summed E-state index contributed by atoms with van der Waals surface area (Å²) in [5.74, 6) is -0.297. The van der Waals surface area contributed by atoms with E-state index in [-0.39, 0.29) is 18.4 Å². The van der Waals surface area contributed by atoms with Crippen LogP contribution in [0.25, 0.3) is 0 Å². The average Bonchev–Trinajstić information content (AvgIpc) is 2.64. The second kappa shape index (κ2) is 9.82. The highest BCUT2D eigenvalue weighted by molar-refractivity contribution is 6.31. The molecular formula is C20H24ClN3O2. The van der Waals surface area contributed by atoms with Gasteiger partial charge in [0.25, 0.3) is 5.91 Å². The van der Waals surface area contributed by atoms with E-state index >= 15 is 0 Å². The molecule has 0 aliphatic heterocycles. The van der Waals surface area contributed by atoms with Gasteiger partial charge < -0.3 is 16.0 Å². The molecular weight excluding hydrogens is 350 g/mol. The SMILES string of the molecule is CCCCNC(=O)c1cccc(NCC(=O)Nc2cccc(Cl)c2C)c1. The first-order valence-electron chi connectivity index (χ1n) is 8.68. The Morgan fingerprint density at radius 3 is 2.65 bits per heavy atom. The molecule has 0 atom stereocenters. The first-order chi connectivity index (χ1) is 12.5. The molecule has 2 rings (SSSR count). The number of halogens is 1. The van der Waals surface area contributed by atoms with Crippen molar-refractivity contribution in [1.82, 2.24) is 5.32 Å². The van der Waals surface area contributed by atoms with Gasteiger partial charge >= 0.3 is 0 Å². The van der Waals surface area contributed by atoms with E-state index in [4.69, 9.17) is 11.6 Å². The molecule has 2 aromatic carbocycles. The topological polar surface area (TPSA) is 70.2 Å². The lowest BCUT2D eigenvalue weighted by Crippen LogP contribution is -2.25. The molecule has 0 aliphatic rings. The maximum atomic E-state index is 12.1. The molecule has 0 bridgehead atoms. The first-order valence-corrected chi connectivity index (χ1v) is 9.06. The third-order valence-corrected chi connectivity index (χ3v) is 4.34. The Kier molecular flexibility index (Phi) is 7.48. The van der Waals surface area contributed by atoms with Crippen molar-refractivity contribution in [2.24, 2.45) is 0 Å². The molecule has 0 aliphatic carbocycles. The molecule has 0 fully saturated rings. The lowest BCUT2D eigenvalue weighted by atomic mass is 10.2. The fourth-order valence-corrected chi connectivity index (χ4v) is 2.55. The van der Waals surface area contributed by atoms with Crippen molar-refractivity contribution in [3.8, 4) is 0 Å². The number of rotatable bonds is 8. The van der Waals surface area contributed by atoms with E-state index in [2.05, 4.69) is 22.9 Å². The zero-order valence-corrected chi connectivity index (χ0v) is 15.8. The number of nitrogens with one attached hydrogen (secondary N) is 3. The zero-order chi connectivity index (χ0) is 18.9. The van der Waals surface area contributed by atoms with Gasteiger partial charge in [-0.2, -0.15) is 0 Å². The predicted octanol–water partition coefficient (Wildman–Crippen LogP) is 4.23. The Labute approximate surface area is 159 Å². The number of amides is 2. The van der Waals surface area contributed by atoms with Crippen molar-refractivity contribution in [2.75, 3.05) is 23.7 Å². The lowest BCUT2D eigenvalue weighted by molar-refractivity contribution is -0.114. The van der Waals surface area contributed by atoms with Gasteiger partial charge in [-0.15, -0.1) is 0 Å². The van der Waals surface area contributed by atoms with Gasteiger partial charge in [0.1, 0.15) is 0 Å². The molecule has 0 saturated heterocycles. The van der Waals surface area contributed by atoms with E-state index in [9.17, 15) is 9.59 Å². The van der Waals surface area contributed by atoms with Crippen LogP contribution in [0.5, 0.6) is 0 Å². The summed E-state index contributed by atoms with van der Waals surface area (Å²) in [7, 11) is 0. The van der Waals surface area contributed by atoms with Crippen molar-refractivity contribution >= 4 is 34.8 Å². The highest BCUT2D eigenvalue weighted by Crippen LogP contribution is 2.22. The zero-order valence-electron chi connectivity index (χ0n) is 15.1. The number of hydrogen-bond donors (Lipinski definition) is 3. The normalized spacial score (nSPS) is 10.3. The molecule has 0 heterocycles. The molecule has 0 saturated carbocycles. The minimum atomic E-state index is -0.187. The highest BCUT2D eigenvalue weighted by Gasteiger charge is 2.08. The molecule has 5 nitrogen and oxygen atoms in total. The second-order valence-corrected chi connectivity index (χ2v) is 6.41. The molecule has 2 amide bonds. The molecule has 3 N–H and O–H groups in total. The number of carbonyl (C=O) groups is 2. The first kappa shape index (κ1) is 19.8. The highest BCUT2D eigenvalue weighted by atomic mass is 35.5. The van der Waals surface area contributed by atoms with Gasteiger partial charge in [0.2, 0.25) is 5.91 Å². The van der Waals surface area contributed by atoms with Gasteiger partial charge in [-0.25, -0.2) is 0 Å². The van der Waals surface area contributed by atoms with Gasteiger partial charge in [0, 0.05) is 28.5 Å². The third kappa shape index (κ3) is 5.77. The van der Waals surface area contributed by atoms with Crippen LogP contribution in [0.2, 0.25) is 5.02 Å². The van der Waals surface area contributed by atoms with Crippen LogP contribution >= 0.6 is 11.6 Å². The fourth-order valence-electron chi connectivity index (χ4n) is 2.37. The molecule has 0 radical (unpaired) electrons. The summed E-state index contributed by atoms with van der Waals surface area (Å²) in [6.07, 6.45) is 1.98. The van der Waals surface area contributed by atoms with E-state index in [1.54, 1.807) is 36.4 Å². The second-order valence-electron chi connectivity index (χ2n) is 6.00. The van der Waals surface area contributed by atoms with E-state index < -0.39 is 0 Å². The fraction of sp³-hybridized carbons (Fsp3) is 0.300. The van der Waals surface area contributed by atoms with Crippen LogP contribution in [0.1, 0.15) is 35.7 Å². The van der Waals surface area contributed by atoms with Crippen LogP contribution in [0.4, 0.5) is 11.4 Å². The minimum absolute atomic E-state index is 0.0901. The Balaban J connectivity index is 1.90. The molecule has 138 valence electrons. The van der Waals surface area contributed by atoms with Crippen molar-refractivity contribution in [1.29, 1.82) is 0 Å². The van der Waals surface area contributed by atoms with Crippen molar-refractivity contribution < 1.29 is 9.59 Å². The Morgan fingerprint density at radius 2 is 1.88 bits per heavy atom. The maximum Gasteiger partial charge on any atom is 0.251 e. The number of unbranched alkanes of at least 4 members (excludes halogenated alkanes) is 1. The van der Waals surface area contributed by atoms with Gasteiger partial charge in [-0.3, -0.25) is 9.59 Å². The van der Waals surface area contributed by atoms with Crippen LogP contribution in [-0.2, 0) is 4.79 Å². The van der Waals surface area contributed by atoms with Crippen molar-refractivity contribution in [2.45, 2.75) is 26.7 Å². The van der Waals surface area contributed by atoms with Gasteiger partial charge in [-0.05, 0) is 49.2 Å². The molecule has 26 heavy (non-hydrogen) atoms. The summed E-state index contributed by atoms with van der Waals surface area (Å²) in [5, 5.41) is 9.35. The molecule has 6 heteroatoms. The number of hydrogen-bond acceptors (Lipinski definition) is 3. The van der Waals surface area contributed by atoms with Crippen LogP contribution < -0.4 is 16.0 Å². The summed E-state index contributed by atoms with van der Waals surface area (Å²) >= 11 is 6.06. The largest absolute Gasteiger partial charge is 0.376 e. The van der Waals surface area contributed by atoms with Gasteiger partial charge in [-0.1, -0.05) is 37.1 Å². The van der Waals surface area contributed by atoms with Gasteiger partial charge in [0.15, 0.2) is 0 Å². The summed E-state index contributed by atoms with van der Waals surface area (Å²) < 4.78 is 0. The van der Waals surface area contributed by atoms with Crippen LogP contribution in [0.15, 0.2) is 42.5 Å². The Morgan fingerprint density at radius 1 is 1.12 bits per heavy atom. The van der Waals surface area contributed by atoms with E-state index in [0.29, 0.717) is 28.5 Å². The third-order valence-electron chi connectivity index (χ3n) is 3.94. The molecule has 0 spiro atoms. The van der Waals surface area contributed by atoms with Gasteiger partial charge in [0.05, 0.1) is 6.54 Å². The van der Waals surface area contributed by atoms with Crippen LogP contribution in [-0.4, -0.2) is 24.9 Å².